The number of fused-ring (bicyclic) bond motifs is 4. The Morgan fingerprint density at radius 2 is 0.965 bits per heavy atom. The van der Waals surface area contributed by atoms with Gasteiger partial charge in [0.25, 0.3) is 0 Å². The van der Waals surface area contributed by atoms with Crippen molar-refractivity contribution in [3.63, 3.8) is 0 Å². The van der Waals surface area contributed by atoms with Gasteiger partial charge in [-0.25, -0.2) is 0 Å². The van der Waals surface area contributed by atoms with Gasteiger partial charge in [0.1, 0.15) is 0 Å². The number of nitrogens with zero attached hydrogens (tertiary/aromatic N) is 1. The summed E-state index contributed by atoms with van der Waals surface area (Å²) >= 11 is 0. The van der Waals surface area contributed by atoms with Gasteiger partial charge in [0.05, 0.1) is 0 Å². The summed E-state index contributed by atoms with van der Waals surface area (Å²) < 4.78 is 0. The molecule has 2 aliphatic rings. The topological polar surface area (TPSA) is 3.24 Å². The van der Waals surface area contributed by atoms with Crippen molar-refractivity contribution < 1.29 is 0 Å². The Labute approximate surface area is 338 Å². The van der Waals surface area contributed by atoms with E-state index in [0.717, 1.165) is 11.4 Å². The smallest absolute Gasteiger partial charge is 0.0468 e. The molecular weight excluding hydrogens is 687 g/mol. The highest BCUT2D eigenvalue weighted by atomic mass is 15.1. The second kappa shape index (κ2) is 14.4. The first-order chi connectivity index (χ1) is 28.0. The number of hydrogen-bond acceptors (Lipinski definition) is 1. The molecule has 1 fully saturated rings. The second-order valence-electron chi connectivity index (χ2n) is 16.8. The average molecular weight is 736 g/mol. The Bertz CT molecular complexity index is 2670. The fourth-order valence-electron chi connectivity index (χ4n) is 10.3. The first-order valence-corrected chi connectivity index (χ1v) is 20.9. The molecule has 0 atom stereocenters. The van der Waals surface area contributed by atoms with Crippen LogP contribution in [0.1, 0.15) is 74.6 Å². The van der Waals surface area contributed by atoms with Crippen LogP contribution in [0.25, 0.3) is 44.2 Å². The summed E-state index contributed by atoms with van der Waals surface area (Å²) in [6.07, 6.45) is 7.56. The molecule has 8 aromatic carbocycles. The zero-order valence-electron chi connectivity index (χ0n) is 33.1. The van der Waals surface area contributed by atoms with Crippen LogP contribution in [0.15, 0.2) is 188 Å². The molecule has 0 amide bonds. The zero-order valence-corrected chi connectivity index (χ0v) is 33.1. The van der Waals surface area contributed by atoms with Crippen molar-refractivity contribution in [2.45, 2.75) is 63.2 Å². The molecule has 2 aliphatic carbocycles. The summed E-state index contributed by atoms with van der Waals surface area (Å²) in [7, 11) is 0. The van der Waals surface area contributed by atoms with Crippen LogP contribution in [0.2, 0.25) is 0 Å². The fourth-order valence-corrected chi connectivity index (χ4v) is 10.3. The van der Waals surface area contributed by atoms with Crippen LogP contribution in [-0.4, -0.2) is 0 Å². The minimum Gasteiger partial charge on any atom is -0.310 e. The van der Waals surface area contributed by atoms with Gasteiger partial charge in [-0.1, -0.05) is 191 Å². The van der Waals surface area contributed by atoms with Crippen molar-refractivity contribution in [2.75, 3.05) is 4.90 Å². The third kappa shape index (κ3) is 6.09. The molecule has 10 rings (SSSR count). The van der Waals surface area contributed by atoms with E-state index >= 15 is 0 Å². The SMILES string of the molecule is CC1(C)c2ccc(N(c3ccc(-c4cccc5ccccc45)cc3)c3ccc(C4(c5ccccc5)CCCCCC4)cc3)cc2-c2c(-c3ccccc3)cccc21. The van der Waals surface area contributed by atoms with Crippen molar-refractivity contribution in [1.82, 2.24) is 0 Å². The van der Waals surface area contributed by atoms with Crippen molar-refractivity contribution in [2.24, 2.45) is 0 Å². The maximum Gasteiger partial charge on any atom is 0.0468 e. The van der Waals surface area contributed by atoms with E-state index in [1.54, 1.807) is 0 Å². The maximum atomic E-state index is 2.47. The van der Waals surface area contributed by atoms with Crippen LogP contribution in [0.4, 0.5) is 17.1 Å². The van der Waals surface area contributed by atoms with Crippen LogP contribution in [0.3, 0.4) is 0 Å². The molecule has 0 heterocycles. The molecule has 0 radical (unpaired) electrons. The third-order valence-electron chi connectivity index (χ3n) is 13.2. The van der Waals surface area contributed by atoms with Gasteiger partial charge >= 0.3 is 0 Å². The van der Waals surface area contributed by atoms with E-state index in [9.17, 15) is 0 Å². The lowest BCUT2D eigenvalue weighted by atomic mass is 9.69. The summed E-state index contributed by atoms with van der Waals surface area (Å²) in [6, 6.07) is 70.4. The molecule has 278 valence electrons. The van der Waals surface area contributed by atoms with Gasteiger partial charge in [-0.15, -0.1) is 0 Å². The van der Waals surface area contributed by atoms with Gasteiger partial charge in [0.15, 0.2) is 0 Å². The lowest BCUT2D eigenvalue weighted by Gasteiger charge is -2.35. The Hall–Kier alpha value is -6.18. The molecule has 0 unspecified atom stereocenters. The highest BCUT2D eigenvalue weighted by molar-refractivity contribution is 5.97. The van der Waals surface area contributed by atoms with Crippen LogP contribution < -0.4 is 4.90 Å². The monoisotopic (exact) mass is 735 g/mol. The predicted octanol–water partition coefficient (Wildman–Crippen LogP) is 15.6. The van der Waals surface area contributed by atoms with E-state index in [1.165, 1.54) is 111 Å². The number of benzene rings is 8. The van der Waals surface area contributed by atoms with E-state index in [-0.39, 0.29) is 10.8 Å². The first-order valence-electron chi connectivity index (χ1n) is 20.9. The molecule has 0 saturated heterocycles. The van der Waals surface area contributed by atoms with E-state index in [0.29, 0.717) is 0 Å². The largest absolute Gasteiger partial charge is 0.310 e. The second-order valence-corrected chi connectivity index (χ2v) is 16.8. The molecule has 8 aromatic rings. The van der Waals surface area contributed by atoms with Crippen LogP contribution in [0.5, 0.6) is 0 Å². The number of rotatable bonds is 7. The summed E-state index contributed by atoms with van der Waals surface area (Å²) in [4.78, 5) is 2.47. The Morgan fingerprint density at radius 1 is 0.404 bits per heavy atom. The molecule has 0 aliphatic heterocycles. The molecular formula is C56H49N. The standard InChI is InChI=1S/C56H49N/c1-55(2)52-36-35-47(39-51(52)54-50(25-16-26-53(54)55)41-17-7-5-8-18-41)57(45-31-27-42(28-32-45)49-24-15-20-40-19-11-12-23-48(40)49)46-33-29-44(30-34-46)56(37-13-3-4-14-38-56)43-21-9-6-10-22-43/h5-12,15-36,39H,3-4,13-14,37-38H2,1-2H3. The normalized spacial score (nSPS) is 15.4. The Balaban J connectivity index is 1.12. The third-order valence-corrected chi connectivity index (χ3v) is 13.2. The van der Waals surface area contributed by atoms with E-state index in [2.05, 4.69) is 207 Å². The predicted molar refractivity (Wildman–Crippen MR) is 242 cm³/mol. The summed E-state index contributed by atoms with van der Waals surface area (Å²) in [5.41, 5.74) is 16.8. The quantitative estimate of drug-likeness (QED) is 0.147. The summed E-state index contributed by atoms with van der Waals surface area (Å²) in [5.74, 6) is 0. The van der Waals surface area contributed by atoms with Gasteiger partial charge < -0.3 is 4.90 Å². The minimum absolute atomic E-state index is 0.0396. The molecule has 0 spiro atoms. The van der Waals surface area contributed by atoms with Crippen LogP contribution in [0, 0.1) is 0 Å². The minimum atomic E-state index is -0.106. The molecule has 1 heteroatoms. The lowest BCUT2D eigenvalue weighted by molar-refractivity contribution is 0.446. The number of hydrogen-bond donors (Lipinski definition) is 0. The average Bonchev–Trinajstić information content (AvgIpc) is 3.39. The molecule has 0 N–H and O–H groups in total. The van der Waals surface area contributed by atoms with Gasteiger partial charge in [-0.2, -0.15) is 0 Å². The van der Waals surface area contributed by atoms with E-state index in [4.69, 9.17) is 0 Å². The molecule has 0 aromatic heterocycles. The highest BCUT2D eigenvalue weighted by Gasteiger charge is 2.38. The zero-order chi connectivity index (χ0) is 38.4. The highest BCUT2D eigenvalue weighted by Crippen LogP contribution is 2.54. The van der Waals surface area contributed by atoms with E-state index < -0.39 is 0 Å². The van der Waals surface area contributed by atoms with Gasteiger partial charge in [-0.3, -0.25) is 0 Å². The Kier molecular flexibility index (Phi) is 8.90. The van der Waals surface area contributed by atoms with Crippen molar-refractivity contribution in [3.05, 3.63) is 210 Å². The van der Waals surface area contributed by atoms with E-state index in [1.807, 2.05) is 0 Å². The van der Waals surface area contributed by atoms with Crippen LogP contribution >= 0.6 is 0 Å². The Morgan fingerprint density at radius 3 is 1.70 bits per heavy atom. The van der Waals surface area contributed by atoms with Crippen molar-refractivity contribution >= 4 is 27.8 Å². The van der Waals surface area contributed by atoms with Crippen LogP contribution in [-0.2, 0) is 10.8 Å². The van der Waals surface area contributed by atoms with Gasteiger partial charge in [-0.05, 0) is 116 Å². The molecule has 1 saturated carbocycles. The molecule has 1 nitrogen and oxygen atoms in total. The maximum absolute atomic E-state index is 2.47. The first kappa shape index (κ1) is 35.2. The lowest BCUT2D eigenvalue weighted by Crippen LogP contribution is -2.27. The molecule has 0 bridgehead atoms. The number of anilines is 3. The van der Waals surface area contributed by atoms with Crippen molar-refractivity contribution in [1.29, 1.82) is 0 Å². The van der Waals surface area contributed by atoms with Crippen molar-refractivity contribution in [3.8, 4) is 33.4 Å². The summed E-state index contributed by atoms with van der Waals surface area (Å²) in [6.45, 7) is 4.76. The summed E-state index contributed by atoms with van der Waals surface area (Å²) in [5, 5.41) is 2.54. The van der Waals surface area contributed by atoms with Gasteiger partial charge in [0, 0.05) is 27.9 Å². The fraction of sp³-hybridized carbons (Fsp3) is 0.179. The molecule has 57 heavy (non-hydrogen) atoms. The van der Waals surface area contributed by atoms with Gasteiger partial charge in [0.2, 0.25) is 0 Å².